The highest BCUT2D eigenvalue weighted by molar-refractivity contribution is 9.10. The molecule has 0 unspecified atom stereocenters. The third kappa shape index (κ3) is 3.26. The van der Waals surface area contributed by atoms with Crippen molar-refractivity contribution in [2.24, 2.45) is 0 Å². The van der Waals surface area contributed by atoms with Crippen molar-refractivity contribution in [1.29, 1.82) is 0 Å². The number of likely N-dealkylation sites (N-methyl/N-ethyl adjacent to an activating group) is 1. The summed E-state index contributed by atoms with van der Waals surface area (Å²) in [6, 6.07) is 2.48. The summed E-state index contributed by atoms with van der Waals surface area (Å²) in [5.74, 6) is 0.777. The van der Waals surface area contributed by atoms with Gasteiger partial charge in [0.2, 0.25) is 0 Å². The molecular weight excluding hydrogens is 366 g/mol. The quantitative estimate of drug-likeness (QED) is 0.739. The van der Waals surface area contributed by atoms with Crippen LogP contribution in [-0.4, -0.2) is 33.2 Å². The Morgan fingerprint density at radius 3 is 2.43 bits per heavy atom. The van der Waals surface area contributed by atoms with Crippen LogP contribution in [-0.2, 0) is 4.79 Å². The van der Waals surface area contributed by atoms with Crippen LogP contribution in [0, 0.1) is 0 Å². The predicted octanol–water partition coefficient (Wildman–Crippen LogP) is 1.84. The zero-order chi connectivity index (χ0) is 17.1. The fraction of sp³-hybridized carbons (Fsp3) is 0.333. The molecule has 1 heterocycles. The van der Waals surface area contributed by atoms with Gasteiger partial charge in [0.25, 0.3) is 5.91 Å². The molecule has 3 N–H and O–H groups in total. The number of carbonyl (C=O) groups is 2. The summed E-state index contributed by atoms with van der Waals surface area (Å²) in [5.41, 5.74) is 1.62. The molecule has 8 heteroatoms. The number of benzene rings is 1. The highest BCUT2D eigenvalue weighted by Gasteiger charge is 2.32. The molecule has 0 fully saturated rings. The molecule has 2 rings (SSSR count). The molecule has 3 amide bonds. The van der Waals surface area contributed by atoms with E-state index in [1.807, 2.05) is 0 Å². The fourth-order valence-corrected chi connectivity index (χ4v) is 3.01. The Balaban J connectivity index is 2.60. The molecule has 23 heavy (non-hydrogen) atoms. The maximum Gasteiger partial charge on any atom is 0.319 e. The third-order valence-electron chi connectivity index (χ3n) is 3.55. The number of rotatable bonds is 4. The molecular formula is C15H18BrN3O4. The van der Waals surface area contributed by atoms with Crippen LogP contribution < -0.4 is 25.4 Å². The molecule has 1 aromatic carbocycles. The minimum Gasteiger partial charge on any atom is -0.493 e. The highest BCUT2D eigenvalue weighted by Crippen LogP contribution is 2.39. The molecule has 0 saturated heterocycles. The normalized spacial score (nSPS) is 17.3. The van der Waals surface area contributed by atoms with Crippen LogP contribution in [0.25, 0.3) is 0 Å². The fourth-order valence-electron chi connectivity index (χ4n) is 2.45. The number of allylic oxidation sites excluding steroid dienone is 1. The van der Waals surface area contributed by atoms with Gasteiger partial charge in [0.15, 0.2) is 11.5 Å². The number of amides is 3. The van der Waals surface area contributed by atoms with Gasteiger partial charge in [-0.2, -0.15) is 0 Å². The average Bonchev–Trinajstić information content (AvgIpc) is 2.53. The van der Waals surface area contributed by atoms with Crippen LogP contribution in [0.2, 0.25) is 0 Å². The standard InChI is InChI=1S/C15H18BrN3O4/c1-7-12(14(20)17-2)13(19-15(21)18-7)8-5-10(22-3)11(23-4)6-9(8)16/h5-6,13H,1-4H3,(H,17,20)(H2,18,19,21)/t13-/m0/s1. The van der Waals surface area contributed by atoms with Crippen molar-refractivity contribution in [3.05, 3.63) is 33.4 Å². The van der Waals surface area contributed by atoms with Gasteiger partial charge in [0, 0.05) is 17.2 Å². The van der Waals surface area contributed by atoms with E-state index >= 15 is 0 Å². The summed E-state index contributed by atoms with van der Waals surface area (Å²) in [4.78, 5) is 24.1. The molecule has 124 valence electrons. The first kappa shape index (κ1) is 17.1. The largest absolute Gasteiger partial charge is 0.493 e. The Hall–Kier alpha value is -2.22. The topological polar surface area (TPSA) is 88.7 Å². The summed E-state index contributed by atoms with van der Waals surface area (Å²) in [5, 5.41) is 7.97. The van der Waals surface area contributed by atoms with Gasteiger partial charge in [-0.25, -0.2) is 4.79 Å². The van der Waals surface area contributed by atoms with Crippen molar-refractivity contribution in [2.75, 3.05) is 21.3 Å². The number of urea groups is 1. The van der Waals surface area contributed by atoms with E-state index in [0.29, 0.717) is 32.8 Å². The molecule has 0 aromatic heterocycles. The van der Waals surface area contributed by atoms with Crippen LogP contribution in [0.4, 0.5) is 4.79 Å². The first-order valence-electron chi connectivity index (χ1n) is 6.84. The predicted molar refractivity (Wildman–Crippen MR) is 88.4 cm³/mol. The maximum absolute atomic E-state index is 12.2. The lowest BCUT2D eigenvalue weighted by molar-refractivity contribution is -0.117. The molecule has 0 saturated carbocycles. The highest BCUT2D eigenvalue weighted by atomic mass is 79.9. The second-order valence-electron chi connectivity index (χ2n) is 4.88. The van der Waals surface area contributed by atoms with E-state index in [9.17, 15) is 9.59 Å². The number of carbonyl (C=O) groups excluding carboxylic acids is 2. The molecule has 1 aromatic rings. The van der Waals surface area contributed by atoms with Gasteiger partial charge < -0.3 is 25.4 Å². The number of hydrogen-bond donors (Lipinski definition) is 3. The summed E-state index contributed by atoms with van der Waals surface area (Å²) in [6.07, 6.45) is 0. The lowest BCUT2D eigenvalue weighted by Crippen LogP contribution is -2.46. The van der Waals surface area contributed by atoms with Gasteiger partial charge in [-0.15, -0.1) is 0 Å². The Kier molecular flexibility index (Phi) is 5.15. The van der Waals surface area contributed by atoms with E-state index in [1.54, 1.807) is 26.1 Å². The Morgan fingerprint density at radius 2 is 1.87 bits per heavy atom. The van der Waals surface area contributed by atoms with Gasteiger partial charge in [-0.05, 0) is 24.6 Å². The van der Waals surface area contributed by atoms with Crippen molar-refractivity contribution in [1.82, 2.24) is 16.0 Å². The summed E-state index contributed by atoms with van der Waals surface area (Å²) < 4.78 is 11.3. The van der Waals surface area contributed by atoms with E-state index in [1.165, 1.54) is 14.2 Å². The Labute approximate surface area is 142 Å². The van der Waals surface area contributed by atoms with E-state index < -0.39 is 6.04 Å². The van der Waals surface area contributed by atoms with Crippen molar-refractivity contribution in [2.45, 2.75) is 13.0 Å². The van der Waals surface area contributed by atoms with Crippen LogP contribution in [0.15, 0.2) is 27.9 Å². The Bertz CT molecular complexity index is 688. The summed E-state index contributed by atoms with van der Waals surface area (Å²) in [7, 11) is 4.60. The number of halogens is 1. The smallest absolute Gasteiger partial charge is 0.319 e. The number of ether oxygens (including phenoxy) is 2. The van der Waals surface area contributed by atoms with Crippen molar-refractivity contribution < 1.29 is 19.1 Å². The number of methoxy groups -OCH3 is 2. The summed E-state index contributed by atoms with van der Waals surface area (Å²) >= 11 is 3.46. The minimum absolute atomic E-state index is 0.276. The molecule has 7 nitrogen and oxygen atoms in total. The number of nitrogens with one attached hydrogen (secondary N) is 3. The van der Waals surface area contributed by atoms with Gasteiger partial charge in [0.1, 0.15) is 0 Å². The molecule has 1 aliphatic rings. The van der Waals surface area contributed by atoms with Crippen LogP contribution >= 0.6 is 15.9 Å². The molecule has 0 bridgehead atoms. The first-order valence-corrected chi connectivity index (χ1v) is 7.64. The number of hydrogen-bond acceptors (Lipinski definition) is 4. The van der Waals surface area contributed by atoms with Crippen molar-refractivity contribution >= 4 is 27.9 Å². The van der Waals surface area contributed by atoms with Gasteiger partial charge >= 0.3 is 6.03 Å². The van der Waals surface area contributed by atoms with Gasteiger partial charge in [0.05, 0.1) is 25.8 Å². The Morgan fingerprint density at radius 1 is 1.26 bits per heavy atom. The molecule has 0 spiro atoms. The van der Waals surface area contributed by atoms with Crippen molar-refractivity contribution in [3.8, 4) is 11.5 Å². The molecule has 0 aliphatic carbocycles. The summed E-state index contributed by atoms with van der Waals surface area (Å²) in [6.45, 7) is 1.69. The van der Waals surface area contributed by atoms with E-state index in [0.717, 1.165) is 0 Å². The first-order chi connectivity index (χ1) is 10.9. The molecule has 0 radical (unpaired) electrons. The van der Waals surface area contributed by atoms with Crippen molar-refractivity contribution in [3.63, 3.8) is 0 Å². The van der Waals surface area contributed by atoms with Crippen LogP contribution in [0.1, 0.15) is 18.5 Å². The lowest BCUT2D eigenvalue weighted by Gasteiger charge is -2.29. The minimum atomic E-state index is -0.613. The van der Waals surface area contributed by atoms with Gasteiger partial charge in [-0.1, -0.05) is 15.9 Å². The zero-order valence-electron chi connectivity index (χ0n) is 13.2. The van der Waals surface area contributed by atoms with E-state index in [4.69, 9.17) is 9.47 Å². The van der Waals surface area contributed by atoms with Crippen LogP contribution in [0.5, 0.6) is 11.5 Å². The second kappa shape index (κ2) is 6.91. The zero-order valence-corrected chi connectivity index (χ0v) is 14.8. The van der Waals surface area contributed by atoms with E-state index in [-0.39, 0.29) is 11.9 Å². The molecule has 1 atom stereocenters. The second-order valence-corrected chi connectivity index (χ2v) is 5.73. The maximum atomic E-state index is 12.2. The van der Waals surface area contributed by atoms with E-state index in [2.05, 4.69) is 31.9 Å². The average molecular weight is 384 g/mol. The SMILES string of the molecule is CNC(=O)C1=C(C)NC(=O)N[C@H]1c1cc(OC)c(OC)cc1Br. The monoisotopic (exact) mass is 383 g/mol. The van der Waals surface area contributed by atoms with Crippen LogP contribution in [0.3, 0.4) is 0 Å². The van der Waals surface area contributed by atoms with Gasteiger partial charge in [-0.3, -0.25) is 4.79 Å². The molecule has 1 aliphatic heterocycles. The lowest BCUT2D eigenvalue weighted by atomic mass is 9.94. The third-order valence-corrected chi connectivity index (χ3v) is 4.24.